The molecule has 3 heteroatoms. The van der Waals surface area contributed by atoms with Crippen LogP contribution in [0.25, 0.3) is 82.5 Å². The van der Waals surface area contributed by atoms with E-state index in [1.165, 1.54) is 54.7 Å². The number of aromatic nitrogens is 3. The summed E-state index contributed by atoms with van der Waals surface area (Å²) in [7, 11) is 0. The summed E-state index contributed by atoms with van der Waals surface area (Å²) < 4.78 is 2.24. The molecule has 0 aliphatic carbocycles. The number of hydrogen-bond donors (Lipinski definition) is 0. The van der Waals surface area contributed by atoms with Crippen molar-refractivity contribution in [1.82, 2.24) is 14.5 Å². The van der Waals surface area contributed by atoms with E-state index in [9.17, 15) is 0 Å². The maximum absolute atomic E-state index is 5.28. The lowest BCUT2D eigenvalue weighted by atomic mass is 9.84. The van der Waals surface area contributed by atoms with Gasteiger partial charge >= 0.3 is 0 Å². The molecule has 0 saturated heterocycles. The predicted octanol–water partition coefficient (Wildman–Crippen LogP) is 11.4. The molecule has 7 aromatic carbocycles. The zero-order chi connectivity index (χ0) is 31.3. The number of imidazole rings is 1. The van der Waals surface area contributed by atoms with Crippen molar-refractivity contribution < 1.29 is 0 Å². The number of rotatable bonds is 5. The maximum Gasteiger partial charge on any atom is 0.146 e. The molecular weight excluding hydrogens is 571 g/mol. The van der Waals surface area contributed by atoms with Gasteiger partial charge in [-0.3, -0.25) is 4.57 Å². The lowest BCUT2D eigenvalue weighted by molar-refractivity contribution is 0.891. The van der Waals surface area contributed by atoms with Crippen molar-refractivity contribution in [2.24, 2.45) is 0 Å². The summed E-state index contributed by atoms with van der Waals surface area (Å²) in [5.74, 6) is 1.92. The molecule has 2 heterocycles. The Balaban J connectivity index is 1.41. The van der Waals surface area contributed by atoms with Crippen LogP contribution >= 0.6 is 0 Å². The van der Waals surface area contributed by atoms with E-state index in [0.717, 1.165) is 40.0 Å². The molecule has 0 aliphatic heterocycles. The third-order valence-electron chi connectivity index (χ3n) is 9.40. The third-order valence-corrected chi connectivity index (χ3v) is 9.40. The van der Waals surface area contributed by atoms with Gasteiger partial charge in [-0.15, -0.1) is 0 Å². The highest BCUT2D eigenvalue weighted by molar-refractivity contribution is 6.24. The second-order valence-corrected chi connectivity index (χ2v) is 12.0. The number of nitrogens with zero attached hydrogens (tertiary/aromatic N) is 3. The molecule has 222 valence electrons. The second-order valence-electron chi connectivity index (χ2n) is 12.0. The molecule has 9 rings (SSSR count). The van der Waals surface area contributed by atoms with Crippen molar-refractivity contribution in [3.05, 3.63) is 164 Å². The minimum absolute atomic E-state index is 0.810. The smallest absolute Gasteiger partial charge is 0.146 e. The van der Waals surface area contributed by atoms with Gasteiger partial charge in [-0.2, -0.15) is 0 Å². The van der Waals surface area contributed by atoms with Gasteiger partial charge in [0.2, 0.25) is 0 Å². The summed E-state index contributed by atoms with van der Waals surface area (Å²) in [5, 5.41) is 7.16. The van der Waals surface area contributed by atoms with E-state index in [1.807, 2.05) is 6.07 Å². The summed E-state index contributed by atoms with van der Waals surface area (Å²) in [5.41, 5.74) is 9.25. The summed E-state index contributed by atoms with van der Waals surface area (Å²) in [6.45, 7) is 2.16. The van der Waals surface area contributed by atoms with Crippen molar-refractivity contribution in [2.45, 2.75) is 13.3 Å². The van der Waals surface area contributed by atoms with E-state index in [0.29, 0.717) is 0 Å². The molecule has 0 unspecified atom stereocenters. The highest BCUT2D eigenvalue weighted by Crippen LogP contribution is 2.46. The van der Waals surface area contributed by atoms with E-state index < -0.39 is 0 Å². The van der Waals surface area contributed by atoms with Gasteiger partial charge in [0.25, 0.3) is 0 Å². The molecule has 0 fully saturated rings. The van der Waals surface area contributed by atoms with Gasteiger partial charge in [-0.05, 0) is 72.9 Å². The molecule has 0 bridgehead atoms. The Labute approximate surface area is 273 Å². The van der Waals surface area contributed by atoms with Crippen LogP contribution in [0.5, 0.6) is 0 Å². The maximum atomic E-state index is 5.28. The molecule has 0 amide bonds. The molecule has 0 radical (unpaired) electrons. The van der Waals surface area contributed by atoms with Gasteiger partial charge in [0.15, 0.2) is 0 Å². The molecule has 0 N–H and O–H groups in total. The molecule has 2 aromatic heterocycles. The highest BCUT2D eigenvalue weighted by Gasteiger charge is 2.21. The summed E-state index contributed by atoms with van der Waals surface area (Å²) in [6.07, 6.45) is 2.90. The zero-order valence-corrected chi connectivity index (χ0v) is 26.1. The number of hydrogen-bond acceptors (Lipinski definition) is 2. The lowest BCUT2D eigenvalue weighted by Gasteiger charge is -2.20. The largest absolute Gasteiger partial charge is 0.280 e. The van der Waals surface area contributed by atoms with Gasteiger partial charge in [-0.1, -0.05) is 140 Å². The van der Waals surface area contributed by atoms with Crippen LogP contribution in [0.4, 0.5) is 0 Å². The van der Waals surface area contributed by atoms with Crippen LogP contribution in [0.15, 0.2) is 158 Å². The van der Waals surface area contributed by atoms with Gasteiger partial charge in [0, 0.05) is 23.6 Å². The summed E-state index contributed by atoms with van der Waals surface area (Å²) in [4.78, 5) is 10.3. The average molecular weight is 602 g/mol. The monoisotopic (exact) mass is 601 g/mol. The SMILES string of the molecule is CCc1nc2ccccc2n1-c1ncc(-c2c3ccccc3c(-c3ccccc3)c3ccc(-c4ccccc4)cc23)c2ccccc12. The van der Waals surface area contributed by atoms with E-state index in [2.05, 4.69) is 163 Å². The van der Waals surface area contributed by atoms with Gasteiger partial charge < -0.3 is 0 Å². The number of pyridine rings is 1. The van der Waals surface area contributed by atoms with Crippen LogP contribution in [0.1, 0.15) is 12.7 Å². The molecule has 0 spiro atoms. The minimum atomic E-state index is 0.810. The first-order valence-corrected chi connectivity index (χ1v) is 16.2. The zero-order valence-electron chi connectivity index (χ0n) is 26.1. The van der Waals surface area contributed by atoms with Crippen LogP contribution in [-0.4, -0.2) is 14.5 Å². The Morgan fingerprint density at radius 2 is 1.09 bits per heavy atom. The van der Waals surface area contributed by atoms with E-state index in [1.54, 1.807) is 0 Å². The predicted molar refractivity (Wildman–Crippen MR) is 197 cm³/mol. The van der Waals surface area contributed by atoms with Gasteiger partial charge in [-0.25, -0.2) is 9.97 Å². The number of benzene rings is 7. The lowest BCUT2D eigenvalue weighted by Crippen LogP contribution is -2.04. The molecule has 0 aliphatic rings. The Morgan fingerprint density at radius 1 is 0.489 bits per heavy atom. The van der Waals surface area contributed by atoms with Crippen LogP contribution in [0.3, 0.4) is 0 Å². The molecule has 47 heavy (non-hydrogen) atoms. The van der Waals surface area contributed by atoms with Crippen LogP contribution in [0, 0.1) is 0 Å². The fourth-order valence-corrected chi connectivity index (χ4v) is 7.30. The molecule has 3 nitrogen and oxygen atoms in total. The Morgan fingerprint density at radius 3 is 1.83 bits per heavy atom. The van der Waals surface area contributed by atoms with E-state index >= 15 is 0 Å². The van der Waals surface area contributed by atoms with Crippen molar-refractivity contribution in [3.8, 4) is 39.2 Å². The van der Waals surface area contributed by atoms with Crippen molar-refractivity contribution in [1.29, 1.82) is 0 Å². The van der Waals surface area contributed by atoms with E-state index in [4.69, 9.17) is 9.97 Å². The average Bonchev–Trinajstić information content (AvgIpc) is 3.52. The van der Waals surface area contributed by atoms with Crippen molar-refractivity contribution in [2.75, 3.05) is 0 Å². The normalized spacial score (nSPS) is 11.6. The standard InChI is InChI=1S/C44H31N3/c1-2-41-46-39-23-13-14-24-40(39)47(41)44-36-22-12-9-19-32(36)38(28-45-44)43-34-21-11-10-20-33(34)42(30-17-7-4-8-18-30)35-26-25-31(27-37(35)43)29-15-5-3-6-16-29/h3-28H,2H2,1H3. The topological polar surface area (TPSA) is 30.7 Å². The number of aryl methyl sites for hydroxylation is 1. The van der Waals surface area contributed by atoms with Gasteiger partial charge in [0.05, 0.1) is 11.0 Å². The van der Waals surface area contributed by atoms with Crippen molar-refractivity contribution in [3.63, 3.8) is 0 Å². The first kappa shape index (κ1) is 27.3. The number of fused-ring (bicyclic) bond motifs is 4. The minimum Gasteiger partial charge on any atom is -0.280 e. The third kappa shape index (κ3) is 4.35. The molecule has 0 atom stereocenters. The van der Waals surface area contributed by atoms with E-state index in [-0.39, 0.29) is 0 Å². The van der Waals surface area contributed by atoms with Crippen LogP contribution in [0.2, 0.25) is 0 Å². The summed E-state index contributed by atoms with van der Waals surface area (Å²) in [6, 6.07) is 54.3. The van der Waals surface area contributed by atoms with Gasteiger partial charge in [0.1, 0.15) is 11.6 Å². The highest BCUT2D eigenvalue weighted by atomic mass is 15.1. The fraction of sp³-hybridized carbons (Fsp3) is 0.0455. The quantitative estimate of drug-likeness (QED) is 0.184. The van der Waals surface area contributed by atoms with Crippen LogP contribution < -0.4 is 0 Å². The Hall–Kier alpha value is -6.06. The van der Waals surface area contributed by atoms with Crippen LogP contribution in [-0.2, 0) is 6.42 Å². The first-order chi connectivity index (χ1) is 23.3. The fourth-order valence-electron chi connectivity index (χ4n) is 7.30. The first-order valence-electron chi connectivity index (χ1n) is 16.2. The Kier molecular flexibility index (Phi) is 6.43. The number of para-hydroxylation sites is 2. The van der Waals surface area contributed by atoms with Crippen molar-refractivity contribution >= 4 is 43.4 Å². The Bertz CT molecular complexity index is 2600. The molecule has 9 aromatic rings. The summed E-state index contributed by atoms with van der Waals surface area (Å²) >= 11 is 0. The second kappa shape index (κ2) is 11.1. The molecule has 0 saturated carbocycles. The molecular formula is C44H31N3.